The number of hydrogen-bond acceptors (Lipinski definition) is 5. The first-order valence-electron chi connectivity index (χ1n) is 9.06. The third-order valence-corrected chi connectivity index (χ3v) is 5.66. The number of anilines is 1. The summed E-state index contributed by atoms with van der Waals surface area (Å²) in [4.78, 5) is 26.0. The minimum Gasteiger partial charge on any atom is -0.484 e. The summed E-state index contributed by atoms with van der Waals surface area (Å²) in [7, 11) is 0. The van der Waals surface area contributed by atoms with Crippen molar-refractivity contribution in [1.82, 2.24) is 0 Å². The summed E-state index contributed by atoms with van der Waals surface area (Å²) in [5.74, 6) is -0.111. The molecule has 1 amide bonds. The molecule has 0 fully saturated rings. The molecule has 6 heteroatoms. The third-order valence-electron chi connectivity index (χ3n) is 4.48. The zero-order valence-electron chi connectivity index (χ0n) is 15.4. The van der Waals surface area contributed by atoms with Gasteiger partial charge in [-0.3, -0.25) is 4.79 Å². The first kappa shape index (κ1) is 18.3. The van der Waals surface area contributed by atoms with Crippen LogP contribution in [0.5, 0.6) is 5.75 Å². The molecule has 1 aromatic heterocycles. The molecule has 1 heterocycles. The monoisotopic (exact) mass is 393 g/mol. The number of ether oxygens (including phenoxy) is 2. The van der Waals surface area contributed by atoms with Crippen LogP contribution in [0.4, 0.5) is 5.00 Å². The van der Waals surface area contributed by atoms with Crippen LogP contribution in [0.2, 0.25) is 0 Å². The highest BCUT2D eigenvalue weighted by Crippen LogP contribution is 2.47. The first-order valence-corrected chi connectivity index (χ1v) is 9.87. The maximum absolute atomic E-state index is 12.6. The Morgan fingerprint density at radius 1 is 1.07 bits per heavy atom. The lowest BCUT2D eigenvalue weighted by atomic mass is 10.1. The number of carbonyl (C=O) groups is 2. The first-order chi connectivity index (χ1) is 13.7. The lowest BCUT2D eigenvalue weighted by Gasteiger charge is -2.09. The minimum absolute atomic E-state index is 0.133. The SMILES string of the molecule is CCOC(=O)c1c(NC(=O)COc2ccccc2)sc2c1Cc1ccccc1-2. The van der Waals surface area contributed by atoms with E-state index in [1.165, 1.54) is 16.9 Å². The van der Waals surface area contributed by atoms with Crippen molar-refractivity contribution >= 4 is 28.2 Å². The number of thiophene rings is 1. The summed E-state index contributed by atoms with van der Waals surface area (Å²) < 4.78 is 10.7. The summed E-state index contributed by atoms with van der Waals surface area (Å²) in [6.45, 7) is 1.91. The van der Waals surface area contributed by atoms with Gasteiger partial charge in [0, 0.05) is 11.3 Å². The van der Waals surface area contributed by atoms with Crippen molar-refractivity contribution in [3.05, 3.63) is 71.3 Å². The second kappa shape index (κ2) is 7.86. The van der Waals surface area contributed by atoms with Crippen molar-refractivity contribution in [3.63, 3.8) is 0 Å². The zero-order valence-corrected chi connectivity index (χ0v) is 16.2. The van der Waals surface area contributed by atoms with Crippen LogP contribution in [0.3, 0.4) is 0 Å². The lowest BCUT2D eigenvalue weighted by Crippen LogP contribution is -2.21. The fraction of sp³-hybridized carbons (Fsp3) is 0.182. The van der Waals surface area contributed by atoms with E-state index in [4.69, 9.17) is 9.47 Å². The molecule has 0 saturated carbocycles. The van der Waals surface area contributed by atoms with Crippen molar-refractivity contribution in [1.29, 1.82) is 0 Å². The van der Waals surface area contributed by atoms with Gasteiger partial charge in [0.05, 0.1) is 12.2 Å². The summed E-state index contributed by atoms with van der Waals surface area (Å²) in [5, 5.41) is 3.35. The topological polar surface area (TPSA) is 64.6 Å². The van der Waals surface area contributed by atoms with Gasteiger partial charge in [0.1, 0.15) is 10.8 Å². The molecule has 0 aliphatic heterocycles. The highest BCUT2D eigenvalue weighted by atomic mass is 32.1. The van der Waals surface area contributed by atoms with Gasteiger partial charge in [-0.2, -0.15) is 0 Å². The molecule has 142 valence electrons. The van der Waals surface area contributed by atoms with Crippen molar-refractivity contribution < 1.29 is 19.1 Å². The Morgan fingerprint density at radius 2 is 1.82 bits per heavy atom. The van der Waals surface area contributed by atoms with E-state index in [9.17, 15) is 9.59 Å². The van der Waals surface area contributed by atoms with Crippen LogP contribution in [0.1, 0.15) is 28.4 Å². The molecule has 0 spiro atoms. The molecule has 3 aromatic rings. The molecule has 1 aliphatic carbocycles. The van der Waals surface area contributed by atoms with E-state index >= 15 is 0 Å². The molecule has 0 radical (unpaired) electrons. The summed E-state index contributed by atoms with van der Waals surface area (Å²) in [6.07, 6.45) is 0.659. The van der Waals surface area contributed by atoms with Crippen LogP contribution in [0, 0.1) is 0 Å². The van der Waals surface area contributed by atoms with Gasteiger partial charge in [-0.15, -0.1) is 11.3 Å². The van der Waals surface area contributed by atoms with E-state index in [0.717, 1.165) is 16.0 Å². The molecular formula is C22H19NO4S. The standard InChI is InChI=1S/C22H19NO4S/c1-2-26-22(25)19-17-12-14-8-6-7-11-16(14)20(17)28-21(19)23-18(24)13-27-15-9-4-3-5-10-15/h3-11H,2,12-13H2,1H3,(H,23,24). The summed E-state index contributed by atoms with van der Waals surface area (Å²) in [5.41, 5.74) is 3.66. The van der Waals surface area contributed by atoms with E-state index in [1.807, 2.05) is 36.4 Å². The number of esters is 1. The van der Waals surface area contributed by atoms with Crippen LogP contribution in [-0.2, 0) is 16.0 Å². The molecule has 0 unspecified atom stereocenters. The fourth-order valence-electron chi connectivity index (χ4n) is 3.27. The zero-order chi connectivity index (χ0) is 19.5. The number of benzene rings is 2. The number of hydrogen-bond donors (Lipinski definition) is 1. The van der Waals surface area contributed by atoms with Gasteiger partial charge in [-0.25, -0.2) is 4.79 Å². The minimum atomic E-state index is -0.410. The number of amides is 1. The van der Waals surface area contributed by atoms with Gasteiger partial charge < -0.3 is 14.8 Å². The number of fused-ring (bicyclic) bond motifs is 3. The fourth-order valence-corrected chi connectivity index (χ4v) is 4.56. The van der Waals surface area contributed by atoms with E-state index in [-0.39, 0.29) is 19.1 Å². The molecule has 1 aliphatic rings. The third kappa shape index (κ3) is 3.51. The lowest BCUT2D eigenvalue weighted by molar-refractivity contribution is -0.118. The van der Waals surface area contributed by atoms with Gasteiger partial charge in [-0.1, -0.05) is 42.5 Å². The van der Waals surface area contributed by atoms with Gasteiger partial charge in [-0.05, 0) is 35.7 Å². The average molecular weight is 393 g/mol. The van der Waals surface area contributed by atoms with Crippen LogP contribution in [0.15, 0.2) is 54.6 Å². The molecule has 5 nitrogen and oxygen atoms in total. The second-order valence-corrected chi connectivity index (χ2v) is 7.34. The highest BCUT2D eigenvalue weighted by molar-refractivity contribution is 7.20. The van der Waals surface area contributed by atoms with E-state index in [1.54, 1.807) is 19.1 Å². The van der Waals surface area contributed by atoms with E-state index in [0.29, 0.717) is 22.7 Å². The average Bonchev–Trinajstić information content (AvgIpc) is 3.22. The van der Waals surface area contributed by atoms with Crippen molar-refractivity contribution in [2.45, 2.75) is 13.3 Å². The maximum atomic E-state index is 12.6. The molecule has 0 saturated heterocycles. The van der Waals surface area contributed by atoms with Gasteiger partial charge in [0.15, 0.2) is 6.61 Å². The predicted octanol–water partition coefficient (Wildman–Crippen LogP) is 4.51. The second-order valence-electron chi connectivity index (χ2n) is 6.32. The van der Waals surface area contributed by atoms with Crippen LogP contribution < -0.4 is 10.1 Å². The molecule has 2 aromatic carbocycles. The van der Waals surface area contributed by atoms with Gasteiger partial charge >= 0.3 is 5.97 Å². The molecule has 0 atom stereocenters. The van der Waals surface area contributed by atoms with Crippen LogP contribution >= 0.6 is 11.3 Å². The molecule has 28 heavy (non-hydrogen) atoms. The Morgan fingerprint density at radius 3 is 2.61 bits per heavy atom. The van der Waals surface area contributed by atoms with E-state index in [2.05, 4.69) is 11.4 Å². The Bertz CT molecular complexity index is 1030. The largest absolute Gasteiger partial charge is 0.484 e. The summed E-state index contributed by atoms with van der Waals surface area (Å²) >= 11 is 1.41. The quantitative estimate of drug-likeness (QED) is 0.490. The van der Waals surface area contributed by atoms with Crippen molar-refractivity contribution in [2.24, 2.45) is 0 Å². The Hall–Kier alpha value is -3.12. The van der Waals surface area contributed by atoms with Gasteiger partial charge in [0.2, 0.25) is 0 Å². The number of rotatable bonds is 6. The van der Waals surface area contributed by atoms with Crippen LogP contribution in [-0.4, -0.2) is 25.1 Å². The predicted molar refractivity (Wildman–Crippen MR) is 109 cm³/mol. The molecule has 0 bridgehead atoms. The van der Waals surface area contributed by atoms with Crippen LogP contribution in [0.25, 0.3) is 10.4 Å². The molecular weight excluding hydrogens is 374 g/mol. The maximum Gasteiger partial charge on any atom is 0.341 e. The van der Waals surface area contributed by atoms with Gasteiger partial charge in [0.25, 0.3) is 5.91 Å². The number of carbonyl (C=O) groups excluding carboxylic acids is 2. The normalized spacial score (nSPS) is 11.5. The Kier molecular flexibility index (Phi) is 5.12. The molecule has 1 N–H and O–H groups in total. The smallest absolute Gasteiger partial charge is 0.341 e. The highest BCUT2D eigenvalue weighted by Gasteiger charge is 2.31. The van der Waals surface area contributed by atoms with Crippen molar-refractivity contribution in [3.8, 4) is 16.2 Å². The summed E-state index contributed by atoms with van der Waals surface area (Å²) in [6, 6.07) is 17.2. The number of para-hydroxylation sites is 1. The Labute approximate surface area is 166 Å². The van der Waals surface area contributed by atoms with Crippen molar-refractivity contribution in [2.75, 3.05) is 18.5 Å². The number of nitrogens with one attached hydrogen (secondary N) is 1. The molecule has 4 rings (SSSR count). The van der Waals surface area contributed by atoms with E-state index < -0.39 is 5.97 Å². The Balaban J connectivity index is 1.58.